The van der Waals surface area contributed by atoms with Gasteiger partial charge in [0.1, 0.15) is 0 Å². The topological polar surface area (TPSA) is 12.0 Å². The Morgan fingerprint density at radius 2 is 1.75 bits per heavy atom. The lowest BCUT2D eigenvalue weighted by molar-refractivity contribution is 0.320. The van der Waals surface area contributed by atoms with Gasteiger partial charge < -0.3 is 5.32 Å². The molecule has 0 aliphatic heterocycles. The van der Waals surface area contributed by atoms with Crippen molar-refractivity contribution in [2.45, 2.75) is 31.6 Å². The zero-order chi connectivity index (χ0) is 11.4. The van der Waals surface area contributed by atoms with Crippen molar-refractivity contribution in [3.63, 3.8) is 0 Å². The van der Waals surface area contributed by atoms with E-state index in [0.717, 1.165) is 16.9 Å². The van der Waals surface area contributed by atoms with Crippen molar-refractivity contribution in [3.8, 4) is 0 Å². The molecule has 88 valence electrons. The molecule has 0 saturated heterocycles. The SMILES string of the molecule is CNCC1CCC(c2ccc(Cl)cc2)CC1. The van der Waals surface area contributed by atoms with Gasteiger partial charge in [-0.3, -0.25) is 0 Å². The fraction of sp³-hybridized carbons (Fsp3) is 0.571. The van der Waals surface area contributed by atoms with Crippen molar-refractivity contribution in [1.82, 2.24) is 5.32 Å². The highest BCUT2D eigenvalue weighted by atomic mass is 35.5. The smallest absolute Gasteiger partial charge is 0.0406 e. The van der Waals surface area contributed by atoms with E-state index in [0.29, 0.717) is 0 Å². The van der Waals surface area contributed by atoms with Crippen molar-refractivity contribution in [2.75, 3.05) is 13.6 Å². The first kappa shape index (κ1) is 11.9. The molecule has 1 aliphatic rings. The second-order valence-electron chi connectivity index (χ2n) is 4.83. The normalized spacial score (nSPS) is 25.6. The number of benzene rings is 1. The number of rotatable bonds is 3. The Kier molecular flexibility index (Phi) is 4.25. The number of halogens is 1. The molecule has 2 rings (SSSR count). The van der Waals surface area contributed by atoms with E-state index in [-0.39, 0.29) is 0 Å². The van der Waals surface area contributed by atoms with Gasteiger partial charge in [-0.1, -0.05) is 23.7 Å². The molecule has 0 amide bonds. The summed E-state index contributed by atoms with van der Waals surface area (Å²) in [4.78, 5) is 0. The minimum Gasteiger partial charge on any atom is -0.319 e. The Labute approximate surface area is 103 Å². The van der Waals surface area contributed by atoms with Gasteiger partial charge in [0.15, 0.2) is 0 Å². The average molecular weight is 238 g/mol. The first-order valence-corrected chi connectivity index (χ1v) is 6.57. The second kappa shape index (κ2) is 5.70. The lowest BCUT2D eigenvalue weighted by atomic mass is 9.79. The fourth-order valence-electron chi connectivity index (χ4n) is 2.72. The van der Waals surface area contributed by atoms with E-state index in [1.807, 2.05) is 19.2 Å². The summed E-state index contributed by atoms with van der Waals surface area (Å²) in [5.41, 5.74) is 1.47. The molecule has 2 heteroatoms. The largest absolute Gasteiger partial charge is 0.319 e. The van der Waals surface area contributed by atoms with E-state index in [4.69, 9.17) is 11.6 Å². The Hall–Kier alpha value is -0.530. The summed E-state index contributed by atoms with van der Waals surface area (Å²) >= 11 is 5.91. The summed E-state index contributed by atoms with van der Waals surface area (Å²) < 4.78 is 0. The van der Waals surface area contributed by atoms with Crippen LogP contribution >= 0.6 is 11.6 Å². The van der Waals surface area contributed by atoms with Crippen molar-refractivity contribution in [3.05, 3.63) is 34.9 Å². The van der Waals surface area contributed by atoms with Crippen LogP contribution in [0.3, 0.4) is 0 Å². The lowest BCUT2D eigenvalue weighted by Crippen LogP contribution is -2.23. The van der Waals surface area contributed by atoms with Crippen molar-refractivity contribution in [2.24, 2.45) is 5.92 Å². The number of nitrogens with one attached hydrogen (secondary N) is 1. The third-order valence-electron chi connectivity index (χ3n) is 3.68. The van der Waals surface area contributed by atoms with E-state index >= 15 is 0 Å². The minimum absolute atomic E-state index is 0.755. The van der Waals surface area contributed by atoms with Crippen LogP contribution in [0.2, 0.25) is 5.02 Å². The highest BCUT2D eigenvalue weighted by Crippen LogP contribution is 2.35. The minimum atomic E-state index is 0.755. The van der Waals surface area contributed by atoms with Crippen molar-refractivity contribution in [1.29, 1.82) is 0 Å². The van der Waals surface area contributed by atoms with Crippen LogP contribution in [0.4, 0.5) is 0 Å². The molecule has 0 atom stereocenters. The Morgan fingerprint density at radius 3 is 2.31 bits per heavy atom. The van der Waals surface area contributed by atoms with Crippen LogP contribution in [0.15, 0.2) is 24.3 Å². The molecule has 1 aromatic rings. The first-order valence-electron chi connectivity index (χ1n) is 6.19. The molecule has 0 spiro atoms. The van der Waals surface area contributed by atoms with Crippen LogP contribution in [0, 0.1) is 5.92 Å². The predicted molar refractivity (Wildman–Crippen MR) is 70.1 cm³/mol. The molecular weight excluding hydrogens is 218 g/mol. The maximum Gasteiger partial charge on any atom is 0.0406 e. The van der Waals surface area contributed by atoms with Gasteiger partial charge in [-0.2, -0.15) is 0 Å². The van der Waals surface area contributed by atoms with Gasteiger partial charge in [-0.25, -0.2) is 0 Å². The number of hydrogen-bond donors (Lipinski definition) is 1. The third-order valence-corrected chi connectivity index (χ3v) is 3.93. The molecule has 0 bridgehead atoms. The van der Waals surface area contributed by atoms with Crippen LogP contribution in [0.25, 0.3) is 0 Å². The summed E-state index contributed by atoms with van der Waals surface area (Å²) in [7, 11) is 2.05. The summed E-state index contributed by atoms with van der Waals surface area (Å²) in [5.74, 6) is 1.64. The third kappa shape index (κ3) is 2.99. The highest BCUT2D eigenvalue weighted by molar-refractivity contribution is 6.30. The highest BCUT2D eigenvalue weighted by Gasteiger charge is 2.21. The van der Waals surface area contributed by atoms with Gasteiger partial charge in [0.05, 0.1) is 0 Å². The van der Waals surface area contributed by atoms with E-state index < -0.39 is 0 Å². The Morgan fingerprint density at radius 1 is 1.12 bits per heavy atom. The second-order valence-corrected chi connectivity index (χ2v) is 5.26. The predicted octanol–water partition coefficient (Wildman–Crippen LogP) is 3.83. The molecule has 0 radical (unpaired) electrons. The van der Waals surface area contributed by atoms with Crippen molar-refractivity contribution < 1.29 is 0 Å². The maximum absolute atomic E-state index is 5.91. The lowest BCUT2D eigenvalue weighted by Gasteiger charge is -2.28. The van der Waals surface area contributed by atoms with E-state index in [1.165, 1.54) is 37.8 Å². The van der Waals surface area contributed by atoms with E-state index in [9.17, 15) is 0 Å². The van der Waals surface area contributed by atoms with E-state index in [1.54, 1.807) is 0 Å². The monoisotopic (exact) mass is 237 g/mol. The number of hydrogen-bond acceptors (Lipinski definition) is 1. The van der Waals surface area contributed by atoms with Gasteiger partial charge >= 0.3 is 0 Å². The molecular formula is C14H20ClN. The van der Waals surface area contributed by atoms with Crippen LogP contribution in [-0.4, -0.2) is 13.6 Å². The molecule has 1 saturated carbocycles. The molecule has 0 unspecified atom stereocenters. The summed E-state index contributed by atoms with van der Waals surface area (Å²) in [6, 6.07) is 8.39. The Balaban J connectivity index is 1.91. The zero-order valence-corrected chi connectivity index (χ0v) is 10.6. The molecule has 16 heavy (non-hydrogen) atoms. The molecule has 1 nitrogen and oxygen atoms in total. The summed E-state index contributed by atoms with van der Waals surface area (Å²) in [6.07, 6.45) is 5.37. The zero-order valence-electron chi connectivity index (χ0n) is 9.88. The van der Waals surface area contributed by atoms with Gasteiger partial charge in [-0.15, -0.1) is 0 Å². The molecule has 0 heterocycles. The van der Waals surface area contributed by atoms with Gasteiger partial charge in [0.25, 0.3) is 0 Å². The maximum atomic E-state index is 5.91. The average Bonchev–Trinajstić information content (AvgIpc) is 2.32. The van der Waals surface area contributed by atoms with E-state index in [2.05, 4.69) is 17.4 Å². The Bertz CT molecular complexity index is 312. The summed E-state index contributed by atoms with van der Waals surface area (Å²) in [6.45, 7) is 1.17. The molecule has 1 N–H and O–H groups in total. The molecule has 0 aromatic heterocycles. The van der Waals surface area contributed by atoms with Gasteiger partial charge in [-0.05, 0) is 68.8 Å². The molecule has 1 aliphatic carbocycles. The first-order chi connectivity index (χ1) is 7.79. The van der Waals surface area contributed by atoms with Crippen LogP contribution < -0.4 is 5.32 Å². The van der Waals surface area contributed by atoms with Crippen LogP contribution in [0.1, 0.15) is 37.2 Å². The van der Waals surface area contributed by atoms with Crippen LogP contribution in [0.5, 0.6) is 0 Å². The fourth-order valence-corrected chi connectivity index (χ4v) is 2.85. The van der Waals surface area contributed by atoms with Crippen LogP contribution in [-0.2, 0) is 0 Å². The van der Waals surface area contributed by atoms with Crippen molar-refractivity contribution >= 4 is 11.6 Å². The standard InChI is InChI=1S/C14H20ClN/c1-16-10-11-2-4-12(5-3-11)13-6-8-14(15)9-7-13/h6-9,11-12,16H,2-5,10H2,1H3. The molecule has 1 fully saturated rings. The quantitative estimate of drug-likeness (QED) is 0.843. The van der Waals surface area contributed by atoms with Gasteiger partial charge in [0, 0.05) is 5.02 Å². The molecule has 1 aromatic carbocycles. The van der Waals surface area contributed by atoms with Gasteiger partial charge in [0.2, 0.25) is 0 Å². The summed E-state index contributed by atoms with van der Waals surface area (Å²) in [5, 5.41) is 4.12.